The van der Waals surface area contributed by atoms with Gasteiger partial charge in [0.25, 0.3) is 0 Å². The lowest BCUT2D eigenvalue weighted by Crippen LogP contribution is -2.42. The van der Waals surface area contributed by atoms with Gasteiger partial charge < -0.3 is 15.0 Å². The van der Waals surface area contributed by atoms with Crippen LogP contribution in [0.15, 0.2) is 0 Å². The Morgan fingerprint density at radius 2 is 1.43 bits per heavy atom. The van der Waals surface area contributed by atoms with Gasteiger partial charge in [-0.05, 0) is 58.3 Å². The Kier molecular flexibility index (Phi) is 8.47. The maximum atomic E-state index is 12.9. The standard InChI is InChI=1S/C25H44N2O3/c1-25(2,3)30-24(29)27-17-16-22(18-27)26-23(28)21-13-9-12-20(14-15-21)19-10-7-5-4-6-8-11-19/h19-22H,4-18H2,1-3H3,(H,26,28)/t20?,21?,22-/m1/s1. The second-order valence-electron chi connectivity index (χ2n) is 11.0. The van der Waals surface area contributed by atoms with Gasteiger partial charge in [-0.1, -0.05) is 57.8 Å². The Balaban J connectivity index is 1.43. The number of likely N-dealkylation sites (tertiary alicyclic amines) is 1. The number of ether oxygens (including phenoxy) is 1. The van der Waals surface area contributed by atoms with Crippen molar-refractivity contribution in [3.8, 4) is 0 Å². The van der Waals surface area contributed by atoms with Crippen molar-refractivity contribution in [2.24, 2.45) is 17.8 Å². The molecule has 30 heavy (non-hydrogen) atoms. The van der Waals surface area contributed by atoms with E-state index in [1.165, 1.54) is 64.2 Å². The first kappa shape index (κ1) is 23.4. The van der Waals surface area contributed by atoms with Crippen molar-refractivity contribution in [2.75, 3.05) is 13.1 Å². The predicted octanol–water partition coefficient (Wildman–Crippen LogP) is 5.67. The summed E-state index contributed by atoms with van der Waals surface area (Å²) in [7, 11) is 0. The van der Waals surface area contributed by atoms with E-state index in [1.54, 1.807) is 4.90 Å². The molecule has 1 aliphatic heterocycles. The van der Waals surface area contributed by atoms with E-state index in [-0.39, 0.29) is 24.0 Å². The lowest BCUT2D eigenvalue weighted by Gasteiger charge is -2.28. The Bertz CT molecular complexity index is 563. The molecule has 1 saturated heterocycles. The highest BCUT2D eigenvalue weighted by Gasteiger charge is 2.33. The number of rotatable bonds is 3. The minimum Gasteiger partial charge on any atom is -0.444 e. The highest BCUT2D eigenvalue weighted by molar-refractivity contribution is 5.79. The molecule has 1 N–H and O–H groups in total. The summed E-state index contributed by atoms with van der Waals surface area (Å²) in [5.41, 5.74) is -0.480. The average Bonchev–Trinajstić information content (AvgIpc) is 2.96. The summed E-state index contributed by atoms with van der Waals surface area (Å²) in [6.07, 6.45) is 16.2. The molecule has 2 amide bonds. The van der Waals surface area contributed by atoms with Gasteiger partial charge in [-0.2, -0.15) is 0 Å². The van der Waals surface area contributed by atoms with Crippen molar-refractivity contribution in [3.05, 3.63) is 0 Å². The molecule has 2 saturated carbocycles. The van der Waals surface area contributed by atoms with Gasteiger partial charge in [0.1, 0.15) is 5.60 Å². The molecule has 5 heteroatoms. The number of nitrogens with zero attached hydrogens (tertiary/aromatic N) is 1. The lowest BCUT2D eigenvalue weighted by atomic mass is 9.78. The Morgan fingerprint density at radius 3 is 2.13 bits per heavy atom. The molecule has 0 aromatic heterocycles. The maximum absolute atomic E-state index is 12.9. The van der Waals surface area contributed by atoms with Gasteiger partial charge in [-0.25, -0.2) is 4.79 Å². The third kappa shape index (κ3) is 7.16. The summed E-state index contributed by atoms with van der Waals surface area (Å²) in [6, 6.07) is 0.0645. The van der Waals surface area contributed by atoms with Crippen LogP contribution in [0.4, 0.5) is 4.79 Å². The van der Waals surface area contributed by atoms with Crippen LogP contribution >= 0.6 is 0 Å². The second-order valence-corrected chi connectivity index (χ2v) is 11.0. The number of carbonyl (C=O) groups excluding carboxylic acids is 2. The minimum absolute atomic E-state index is 0.0645. The zero-order valence-corrected chi connectivity index (χ0v) is 19.6. The molecule has 172 valence electrons. The van der Waals surface area contributed by atoms with Crippen molar-refractivity contribution in [3.63, 3.8) is 0 Å². The van der Waals surface area contributed by atoms with E-state index in [1.807, 2.05) is 20.8 Å². The molecular weight excluding hydrogens is 376 g/mol. The fraction of sp³-hybridized carbons (Fsp3) is 0.920. The van der Waals surface area contributed by atoms with Crippen molar-refractivity contribution in [2.45, 2.75) is 116 Å². The van der Waals surface area contributed by atoms with Gasteiger partial charge in [0, 0.05) is 25.0 Å². The topological polar surface area (TPSA) is 58.6 Å². The van der Waals surface area contributed by atoms with Crippen molar-refractivity contribution in [1.82, 2.24) is 10.2 Å². The molecule has 5 nitrogen and oxygen atoms in total. The monoisotopic (exact) mass is 420 g/mol. The van der Waals surface area contributed by atoms with E-state index >= 15 is 0 Å². The van der Waals surface area contributed by atoms with E-state index in [2.05, 4.69) is 5.32 Å². The number of amides is 2. The van der Waals surface area contributed by atoms with Crippen molar-refractivity contribution in [1.29, 1.82) is 0 Å². The predicted molar refractivity (Wildman–Crippen MR) is 120 cm³/mol. The normalized spacial score (nSPS) is 29.6. The third-order valence-corrected chi connectivity index (χ3v) is 7.39. The van der Waals surface area contributed by atoms with Gasteiger partial charge in [0.2, 0.25) is 5.91 Å². The molecule has 3 atom stereocenters. The van der Waals surface area contributed by atoms with Crippen molar-refractivity contribution >= 4 is 12.0 Å². The van der Waals surface area contributed by atoms with Crippen LogP contribution in [0.3, 0.4) is 0 Å². The number of carbonyl (C=O) groups is 2. The van der Waals surface area contributed by atoms with E-state index in [4.69, 9.17) is 4.74 Å². The number of nitrogens with one attached hydrogen (secondary N) is 1. The van der Waals surface area contributed by atoms with Crippen LogP contribution in [0, 0.1) is 17.8 Å². The highest BCUT2D eigenvalue weighted by atomic mass is 16.6. The molecule has 0 spiro atoms. The van der Waals surface area contributed by atoms with Crippen LogP contribution in [0.25, 0.3) is 0 Å². The van der Waals surface area contributed by atoms with Gasteiger partial charge in [-0.15, -0.1) is 0 Å². The molecule has 2 unspecified atom stereocenters. The quantitative estimate of drug-likeness (QED) is 0.599. The average molecular weight is 421 g/mol. The van der Waals surface area contributed by atoms with Crippen LogP contribution < -0.4 is 5.32 Å². The fourth-order valence-electron chi connectivity index (χ4n) is 5.71. The zero-order chi connectivity index (χ0) is 21.6. The molecule has 2 aliphatic carbocycles. The Morgan fingerprint density at radius 1 is 0.800 bits per heavy atom. The highest BCUT2D eigenvalue weighted by Crippen LogP contribution is 2.37. The smallest absolute Gasteiger partial charge is 0.410 e. The summed E-state index contributed by atoms with van der Waals surface area (Å²) in [5, 5.41) is 3.25. The lowest BCUT2D eigenvalue weighted by molar-refractivity contribution is -0.126. The molecule has 1 heterocycles. The van der Waals surface area contributed by atoms with Crippen molar-refractivity contribution < 1.29 is 14.3 Å². The summed E-state index contributed by atoms with van der Waals surface area (Å²) in [4.78, 5) is 26.9. The third-order valence-electron chi connectivity index (χ3n) is 7.39. The van der Waals surface area contributed by atoms with Crippen LogP contribution in [0.5, 0.6) is 0 Å². The van der Waals surface area contributed by atoms with E-state index < -0.39 is 5.60 Å². The molecule has 0 aromatic carbocycles. The second kappa shape index (κ2) is 10.9. The van der Waals surface area contributed by atoms with Gasteiger partial charge in [0.05, 0.1) is 0 Å². The Hall–Kier alpha value is -1.26. The van der Waals surface area contributed by atoms with E-state index in [9.17, 15) is 9.59 Å². The van der Waals surface area contributed by atoms with Gasteiger partial charge >= 0.3 is 6.09 Å². The minimum atomic E-state index is -0.480. The first-order valence-electron chi connectivity index (χ1n) is 12.6. The Labute approximate surface area is 183 Å². The number of hydrogen-bond acceptors (Lipinski definition) is 3. The van der Waals surface area contributed by atoms with Crippen LogP contribution in [-0.2, 0) is 9.53 Å². The molecule has 3 fully saturated rings. The molecular formula is C25H44N2O3. The summed E-state index contributed by atoms with van der Waals surface area (Å²) >= 11 is 0. The van der Waals surface area contributed by atoms with E-state index in [0.717, 1.165) is 31.1 Å². The SMILES string of the molecule is CC(C)(C)OC(=O)N1CC[C@@H](NC(=O)C2CCCC(C3CCCCCCC3)CC2)C1. The van der Waals surface area contributed by atoms with E-state index in [0.29, 0.717) is 13.1 Å². The summed E-state index contributed by atoms with van der Waals surface area (Å²) < 4.78 is 5.47. The van der Waals surface area contributed by atoms with Crippen LogP contribution in [0.2, 0.25) is 0 Å². The summed E-state index contributed by atoms with van der Waals surface area (Å²) in [5.74, 6) is 2.09. The molecule has 3 rings (SSSR count). The maximum Gasteiger partial charge on any atom is 0.410 e. The molecule has 0 aromatic rings. The molecule has 3 aliphatic rings. The van der Waals surface area contributed by atoms with Crippen LogP contribution in [-0.4, -0.2) is 41.6 Å². The first-order chi connectivity index (χ1) is 14.3. The largest absolute Gasteiger partial charge is 0.444 e. The first-order valence-corrected chi connectivity index (χ1v) is 12.6. The van der Waals surface area contributed by atoms with Gasteiger partial charge in [0.15, 0.2) is 0 Å². The number of hydrogen-bond donors (Lipinski definition) is 1. The molecule has 0 radical (unpaired) electrons. The fourth-order valence-corrected chi connectivity index (χ4v) is 5.71. The zero-order valence-electron chi connectivity index (χ0n) is 19.6. The van der Waals surface area contributed by atoms with Crippen LogP contribution in [0.1, 0.15) is 104 Å². The molecule has 0 bridgehead atoms. The summed E-state index contributed by atoms with van der Waals surface area (Å²) in [6.45, 7) is 6.88. The van der Waals surface area contributed by atoms with Gasteiger partial charge in [-0.3, -0.25) is 4.79 Å².